The van der Waals surface area contributed by atoms with E-state index in [1.54, 1.807) is 11.3 Å². The molecule has 0 aliphatic carbocycles. The molecule has 0 radical (unpaired) electrons. The van der Waals surface area contributed by atoms with Gasteiger partial charge in [-0.2, -0.15) is 0 Å². The molecule has 1 atom stereocenters. The standard InChI is InChI=1S/C9H15ClN2S/c1-3-8(10)4-11-5-9-12-7(2)6-13-9/h6,8,11H,3-5H2,1-2H3. The Kier molecular flexibility index (Phi) is 4.70. The maximum Gasteiger partial charge on any atom is 0.107 e. The van der Waals surface area contributed by atoms with Gasteiger partial charge in [-0.3, -0.25) is 0 Å². The fourth-order valence-electron chi connectivity index (χ4n) is 0.964. The Morgan fingerprint density at radius 2 is 2.46 bits per heavy atom. The van der Waals surface area contributed by atoms with Crippen molar-refractivity contribution in [3.8, 4) is 0 Å². The van der Waals surface area contributed by atoms with Crippen molar-refractivity contribution in [3.05, 3.63) is 16.1 Å². The van der Waals surface area contributed by atoms with E-state index < -0.39 is 0 Å². The van der Waals surface area contributed by atoms with E-state index in [0.717, 1.165) is 30.2 Å². The summed E-state index contributed by atoms with van der Waals surface area (Å²) in [7, 11) is 0. The SMILES string of the molecule is CCC(Cl)CNCc1nc(C)cs1. The Morgan fingerprint density at radius 1 is 1.69 bits per heavy atom. The lowest BCUT2D eigenvalue weighted by Gasteiger charge is -2.06. The number of alkyl halides is 1. The smallest absolute Gasteiger partial charge is 0.107 e. The number of nitrogens with one attached hydrogen (secondary N) is 1. The van der Waals surface area contributed by atoms with E-state index in [0.29, 0.717) is 0 Å². The van der Waals surface area contributed by atoms with Gasteiger partial charge in [-0.25, -0.2) is 4.98 Å². The van der Waals surface area contributed by atoms with Crippen LogP contribution in [0.15, 0.2) is 5.38 Å². The molecule has 0 bridgehead atoms. The van der Waals surface area contributed by atoms with Crippen molar-refractivity contribution < 1.29 is 0 Å². The molecular formula is C9H15ClN2S. The number of halogens is 1. The summed E-state index contributed by atoms with van der Waals surface area (Å²) in [5.74, 6) is 0. The van der Waals surface area contributed by atoms with E-state index in [1.165, 1.54) is 0 Å². The third-order valence-corrected chi connectivity index (χ3v) is 3.18. The van der Waals surface area contributed by atoms with E-state index in [2.05, 4.69) is 22.6 Å². The quantitative estimate of drug-likeness (QED) is 0.769. The molecule has 0 aliphatic rings. The van der Waals surface area contributed by atoms with Crippen molar-refractivity contribution >= 4 is 22.9 Å². The molecule has 4 heteroatoms. The van der Waals surface area contributed by atoms with Crippen molar-refractivity contribution in [1.82, 2.24) is 10.3 Å². The van der Waals surface area contributed by atoms with E-state index in [1.807, 2.05) is 6.92 Å². The summed E-state index contributed by atoms with van der Waals surface area (Å²) < 4.78 is 0. The number of nitrogens with zero attached hydrogens (tertiary/aromatic N) is 1. The number of thiazole rings is 1. The van der Waals surface area contributed by atoms with E-state index >= 15 is 0 Å². The molecule has 0 saturated carbocycles. The Balaban J connectivity index is 2.20. The summed E-state index contributed by atoms with van der Waals surface area (Å²) in [6.45, 7) is 5.79. The summed E-state index contributed by atoms with van der Waals surface area (Å²) in [6, 6.07) is 0. The largest absolute Gasteiger partial charge is 0.309 e. The maximum atomic E-state index is 5.96. The maximum absolute atomic E-state index is 5.96. The first-order valence-electron chi connectivity index (χ1n) is 4.48. The zero-order valence-corrected chi connectivity index (χ0v) is 9.58. The molecule has 1 aromatic rings. The Bertz CT molecular complexity index is 250. The summed E-state index contributed by atoms with van der Waals surface area (Å²) in [4.78, 5) is 4.35. The van der Waals surface area contributed by atoms with Crippen molar-refractivity contribution in [2.24, 2.45) is 0 Å². The lowest BCUT2D eigenvalue weighted by atomic mass is 10.3. The molecule has 2 nitrogen and oxygen atoms in total. The number of hydrogen-bond donors (Lipinski definition) is 1. The molecule has 74 valence electrons. The van der Waals surface area contributed by atoms with Gasteiger partial charge in [-0.05, 0) is 13.3 Å². The first kappa shape index (κ1) is 11.0. The summed E-state index contributed by atoms with van der Waals surface area (Å²) in [5.41, 5.74) is 1.10. The molecule has 0 spiro atoms. The monoisotopic (exact) mass is 218 g/mol. The molecule has 1 aromatic heterocycles. The van der Waals surface area contributed by atoms with Gasteiger partial charge in [0.1, 0.15) is 5.01 Å². The van der Waals surface area contributed by atoms with Gasteiger partial charge in [0.2, 0.25) is 0 Å². The second kappa shape index (κ2) is 5.58. The van der Waals surface area contributed by atoms with Crippen molar-refractivity contribution in [2.45, 2.75) is 32.2 Å². The lowest BCUT2D eigenvalue weighted by Crippen LogP contribution is -2.22. The van der Waals surface area contributed by atoms with Gasteiger partial charge in [0, 0.05) is 29.5 Å². The van der Waals surface area contributed by atoms with Gasteiger partial charge in [0.25, 0.3) is 0 Å². The normalized spacial score (nSPS) is 13.2. The third kappa shape index (κ3) is 4.07. The first-order chi connectivity index (χ1) is 6.22. The Morgan fingerprint density at radius 3 is 3.00 bits per heavy atom. The first-order valence-corrected chi connectivity index (χ1v) is 5.79. The highest BCUT2D eigenvalue weighted by Crippen LogP contribution is 2.08. The molecule has 0 amide bonds. The summed E-state index contributed by atoms with van der Waals surface area (Å²) >= 11 is 7.65. The minimum atomic E-state index is 0.237. The second-order valence-electron chi connectivity index (χ2n) is 3.02. The van der Waals surface area contributed by atoms with Crippen LogP contribution in [0, 0.1) is 6.92 Å². The van der Waals surface area contributed by atoms with Gasteiger partial charge in [0.15, 0.2) is 0 Å². The molecule has 13 heavy (non-hydrogen) atoms. The molecule has 1 unspecified atom stereocenters. The van der Waals surface area contributed by atoms with Gasteiger partial charge in [-0.1, -0.05) is 6.92 Å². The fourth-order valence-corrected chi connectivity index (χ4v) is 1.81. The van der Waals surface area contributed by atoms with Crippen LogP contribution in [0.5, 0.6) is 0 Å². The van der Waals surface area contributed by atoms with Gasteiger partial charge in [-0.15, -0.1) is 22.9 Å². The van der Waals surface area contributed by atoms with Crippen molar-refractivity contribution in [3.63, 3.8) is 0 Å². The zero-order valence-electron chi connectivity index (χ0n) is 8.01. The molecule has 0 saturated heterocycles. The molecule has 1 heterocycles. The Hall–Kier alpha value is -0.120. The highest BCUT2D eigenvalue weighted by Gasteiger charge is 2.01. The topological polar surface area (TPSA) is 24.9 Å². The number of rotatable bonds is 5. The van der Waals surface area contributed by atoms with Crippen LogP contribution in [0.25, 0.3) is 0 Å². The van der Waals surface area contributed by atoms with Crippen molar-refractivity contribution in [1.29, 1.82) is 0 Å². The van der Waals surface area contributed by atoms with Crippen LogP contribution in [0.4, 0.5) is 0 Å². The van der Waals surface area contributed by atoms with Gasteiger partial charge in [0.05, 0.1) is 0 Å². The predicted octanol–water partition coefficient (Wildman–Crippen LogP) is 2.56. The highest BCUT2D eigenvalue weighted by molar-refractivity contribution is 7.09. The number of aromatic nitrogens is 1. The van der Waals surface area contributed by atoms with Crippen LogP contribution < -0.4 is 5.32 Å². The minimum Gasteiger partial charge on any atom is -0.309 e. The predicted molar refractivity (Wildman–Crippen MR) is 58.5 cm³/mol. The molecule has 0 aliphatic heterocycles. The van der Waals surface area contributed by atoms with E-state index in [9.17, 15) is 0 Å². The van der Waals surface area contributed by atoms with Crippen molar-refractivity contribution in [2.75, 3.05) is 6.54 Å². The fraction of sp³-hybridized carbons (Fsp3) is 0.667. The number of aryl methyl sites for hydroxylation is 1. The lowest BCUT2D eigenvalue weighted by molar-refractivity contribution is 0.645. The van der Waals surface area contributed by atoms with E-state index in [4.69, 9.17) is 11.6 Å². The average Bonchev–Trinajstić information content (AvgIpc) is 2.51. The van der Waals surface area contributed by atoms with Crippen LogP contribution in [-0.2, 0) is 6.54 Å². The van der Waals surface area contributed by atoms with Gasteiger partial charge >= 0.3 is 0 Å². The van der Waals surface area contributed by atoms with E-state index in [-0.39, 0.29) is 5.38 Å². The highest BCUT2D eigenvalue weighted by atomic mass is 35.5. The van der Waals surface area contributed by atoms with Gasteiger partial charge < -0.3 is 5.32 Å². The van der Waals surface area contributed by atoms with Crippen LogP contribution in [0.2, 0.25) is 0 Å². The van der Waals surface area contributed by atoms with Crippen LogP contribution in [0.3, 0.4) is 0 Å². The summed E-state index contributed by atoms with van der Waals surface area (Å²) in [5, 5.41) is 6.72. The van der Waals surface area contributed by atoms with Crippen LogP contribution in [0.1, 0.15) is 24.0 Å². The Labute approximate surface area is 88.3 Å². The van der Waals surface area contributed by atoms with Crippen LogP contribution >= 0.6 is 22.9 Å². The summed E-state index contributed by atoms with van der Waals surface area (Å²) in [6.07, 6.45) is 1.01. The average molecular weight is 219 g/mol. The zero-order chi connectivity index (χ0) is 9.68. The number of hydrogen-bond acceptors (Lipinski definition) is 3. The second-order valence-corrected chi connectivity index (χ2v) is 4.58. The molecule has 0 aromatic carbocycles. The molecule has 1 N–H and O–H groups in total. The molecule has 1 rings (SSSR count). The minimum absolute atomic E-state index is 0.237. The molecule has 0 fully saturated rings. The third-order valence-electron chi connectivity index (χ3n) is 1.75. The van der Waals surface area contributed by atoms with Crippen LogP contribution in [-0.4, -0.2) is 16.9 Å². The molecular weight excluding hydrogens is 204 g/mol.